The lowest BCUT2D eigenvalue weighted by atomic mass is 10.0. The molecular weight excluding hydrogens is 522 g/mol. The van der Waals surface area contributed by atoms with Crippen molar-refractivity contribution in [2.24, 2.45) is 0 Å². The maximum atomic E-state index is 13.2. The number of hydrogen-bond donors (Lipinski definition) is 0. The van der Waals surface area contributed by atoms with Gasteiger partial charge in [-0.3, -0.25) is 4.79 Å². The summed E-state index contributed by atoms with van der Waals surface area (Å²) >= 11 is 0. The number of hydrogen-bond acceptors (Lipinski definition) is 4. The molecule has 5 heteroatoms. The van der Waals surface area contributed by atoms with E-state index < -0.39 is 0 Å². The van der Waals surface area contributed by atoms with Crippen molar-refractivity contribution in [1.29, 1.82) is 0 Å². The molecule has 0 N–H and O–H groups in total. The number of benzene rings is 6. The Kier molecular flexibility index (Phi) is 4.70. The first-order chi connectivity index (χ1) is 20.7. The Morgan fingerprint density at radius 3 is 1.95 bits per heavy atom. The second-order valence-corrected chi connectivity index (χ2v) is 10.5. The zero-order chi connectivity index (χ0) is 27.8. The fourth-order valence-electron chi connectivity index (χ4n) is 6.11. The van der Waals surface area contributed by atoms with E-state index in [0.29, 0.717) is 44.9 Å². The van der Waals surface area contributed by atoms with Gasteiger partial charge in [0.2, 0.25) is 5.43 Å². The molecule has 1 aliphatic heterocycles. The number of ether oxygens (including phenoxy) is 2. The van der Waals surface area contributed by atoms with E-state index in [2.05, 4.69) is 59.2 Å². The summed E-state index contributed by atoms with van der Waals surface area (Å²) in [6.45, 7) is 0. The van der Waals surface area contributed by atoms with Crippen LogP contribution in [0.15, 0.2) is 137 Å². The summed E-state index contributed by atoms with van der Waals surface area (Å²) in [7, 11) is 0. The minimum Gasteiger partial charge on any atom is -0.456 e. The smallest absolute Gasteiger partial charge is 0.200 e. The van der Waals surface area contributed by atoms with Crippen molar-refractivity contribution in [2.75, 3.05) is 0 Å². The highest BCUT2D eigenvalue weighted by Gasteiger charge is 2.25. The summed E-state index contributed by atoms with van der Waals surface area (Å²) in [5.41, 5.74) is 6.02. The Hall–Kier alpha value is -5.81. The van der Waals surface area contributed by atoms with Gasteiger partial charge in [0.1, 0.15) is 11.2 Å². The Bertz CT molecular complexity index is 2400. The third-order valence-electron chi connectivity index (χ3n) is 8.06. The van der Waals surface area contributed by atoms with Crippen LogP contribution in [0.1, 0.15) is 0 Å². The van der Waals surface area contributed by atoms with Gasteiger partial charge in [-0.15, -0.1) is 0 Å². The van der Waals surface area contributed by atoms with Crippen LogP contribution in [0.2, 0.25) is 0 Å². The van der Waals surface area contributed by atoms with Crippen molar-refractivity contribution in [3.63, 3.8) is 0 Å². The molecule has 0 saturated carbocycles. The predicted molar refractivity (Wildman–Crippen MR) is 166 cm³/mol. The van der Waals surface area contributed by atoms with E-state index >= 15 is 0 Å². The van der Waals surface area contributed by atoms with Crippen LogP contribution in [-0.4, -0.2) is 4.57 Å². The van der Waals surface area contributed by atoms with Gasteiger partial charge in [-0.25, -0.2) is 0 Å². The van der Waals surface area contributed by atoms with E-state index in [0.717, 1.165) is 27.8 Å². The molecule has 0 aliphatic carbocycles. The Morgan fingerprint density at radius 2 is 1.14 bits per heavy atom. The molecule has 0 atom stereocenters. The average molecular weight is 544 g/mol. The molecule has 0 fully saturated rings. The number of rotatable bonds is 2. The van der Waals surface area contributed by atoms with Gasteiger partial charge >= 0.3 is 0 Å². The molecule has 2 aromatic heterocycles. The SMILES string of the molecule is O=c1c2ccccc2oc2ccc(-c3ccc4c(c3)Oc3cccc(-n5c6ccccc6c6ccccc65)c3O4)cc12. The van der Waals surface area contributed by atoms with Crippen molar-refractivity contribution in [3.8, 4) is 39.8 Å². The minimum absolute atomic E-state index is 0.0437. The second kappa shape index (κ2) is 8.59. The lowest BCUT2D eigenvalue weighted by Gasteiger charge is -2.24. The number of nitrogens with zero attached hydrogens (tertiary/aromatic N) is 1. The van der Waals surface area contributed by atoms with Crippen LogP contribution in [0, 0.1) is 0 Å². The third kappa shape index (κ3) is 3.28. The van der Waals surface area contributed by atoms with Crippen LogP contribution >= 0.6 is 0 Å². The Morgan fingerprint density at radius 1 is 0.476 bits per heavy atom. The molecule has 0 amide bonds. The molecule has 0 unspecified atom stereocenters. The quantitative estimate of drug-likeness (QED) is 0.204. The van der Waals surface area contributed by atoms with Gasteiger partial charge in [-0.2, -0.15) is 0 Å². The maximum absolute atomic E-state index is 13.2. The van der Waals surface area contributed by atoms with Crippen LogP contribution < -0.4 is 14.9 Å². The zero-order valence-corrected chi connectivity index (χ0v) is 22.2. The molecule has 5 nitrogen and oxygen atoms in total. The summed E-state index contributed by atoms with van der Waals surface area (Å²) in [5.74, 6) is 2.56. The second-order valence-electron chi connectivity index (χ2n) is 10.5. The van der Waals surface area contributed by atoms with Gasteiger partial charge in [-0.05, 0) is 71.8 Å². The molecule has 6 aromatic carbocycles. The third-order valence-corrected chi connectivity index (χ3v) is 8.06. The van der Waals surface area contributed by atoms with Gasteiger partial charge in [0.25, 0.3) is 0 Å². The molecular formula is C37H21NO4. The van der Waals surface area contributed by atoms with Crippen molar-refractivity contribution in [2.45, 2.75) is 0 Å². The molecule has 8 aromatic rings. The topological polar surface area (TPSA) is 53.6 Å². The largest absolute Gasteiger partial charge is 0.456 e. The van der Waals surface area contributed by atoms with Gasteiger partial charge in [0.05, 0.1) is 27.5 Å². The molecule has 198 valence electrons. The van der Waals surface area contributed by atoms with Gasteiger partial charge in [0, 0.05) is 10.8 Å². The van der Waals surface area contributed by atoms with Crippen molar-refractivity contribution < 1.29 is 13.9 Å². The van der Waals surface area contributed by atoms with Crippen LogP contribution in [-0.2, 0) is 0 Å². The molecule has 0 saturated heterocycles. The first-order valence-corrected chi connectivity index (χ1v) is 13.8. The van der Waals surface area contributed by atoms with Gasteiger partial charge in [0.15, 0.2) is 23.0 Å². The first kappa shape index (κ1) is 22.9. The number of para-hydroxylation sites is 4. The fraction of sp³-hybridized carbons (Fsp3) is 0. The highest BCUT2D eigenvalue weighted by Crippen LogP contribution is 2.50. The summed E-state index contributed by atoms with van der Waals surface area (Å²) in [6.07, 6.45) is 0. The minimum atomic E-state index is -0.0437. The molecule has 9 rings (SSSR count). The van der Waals surface area contributed by atoms with E-state index in [4.69, 9.17) is 13.9 Å². The summed E-state index contributed by atoms with van der Waals surface area (Å²) in [4.78, 5) is 13.2. The van der Waals surface area contributed by atoms with Crippen molar-refractivity contribution in [1.82, 2.24) is 4.57 Å². The number of aromatic nitrogens is 1. The van der Waals surface area contributed by atoms with Crippen LogP contribution in [0.3, 0.4) is 0 Å². The van der Waals surface area contributed by atoms with Gasteiger partial charge in [-0.1, -0.05) is 66.7 Å². The summed E-state index contributed by atoms with van der Waals surface area (Å²) in [5, 5.41) is 3.48. The highest BCUT2D eigenvalue weighted by atomic mass is 16.6. The zero-order valence-electron chi connectivity index (χ0n) is 22.2. The van der Waals surface area contributed by atoms with Crippen LogP contribution in [0.4, 0.5) is 0 Å². The van der Waals surface area contributed by atoms with E-state index in [1.54, 1.807) is 6.07 Å². The van der Waals surface area contributed by atoms with Crippen molar-refractivity contribution in [3.05, 3.63) is 138 Å². The first-order valence-electron chi connectivity index (χ1n) is 13.8. The Balaban J connectivity index is 1.15. The molecule has 42 heavy (non-hydrogen) atoms. The van der Waals surface area contributed by atoms with E-state index in [9.17, 15) is 4.79 Å². The van der Waals surface area contributed by atoms with Crippen LogP contribution in [0.25, 0.3) is 60.6 Å². The predicted octanol–water partition coefficient (Wildman–Crippen LogP) is 9.61. The summed E-state index contributed by atoms with van der Waals surface area (Å²) < 4.78 is 21.2. The van der Waals surface area contributed by atoms with E-state index in [1.165, 1.54) is 10.8 Å². The fourth-order valence-corrected chi connectivity index (χ4v) is 6.11. The molecule has 0 radical (unpaired) electrons. The van der Waals surface area contributed by atoms with E-state index in [1.807, 2.05) is 66.7 Å². The van der Waals surface area contributed by atoms with Crippen molar-refractivity contribution >= 4 is 43.7 Å². The standard InChI is InChI=1S/C37H21NO4/c39-36-26-10-3-6-14-31(26)40-32-18-16-22(20-27(32)36)23-17-19-33-35(21-23)41-34-15-7-13-30(37(34)42-33)38-28-11-4-1-8-24(28)25-9-2-5-12-29(25)38/h1-21H. The van der Waals surface area contributed by atoms with Gasteiger partial charge < -0.3 is 18.5 Å². The number of fused-ring (bicyclic) bond motifs is 7. The highest BCUT2D eigenvalue weighted by molar-refractivity contribution is 6.09. The Labute approximate surface area is 239 Å². The monoisotopic (exact) mass is 543 g/mol. The van der Waals surface area contributed by atoms with E-state index in [-0.39, 0.29) is 5.43 Å². The molecule has 0 spiro atoms. The molecule has 3 heterocycles. The lowest BCUT2D eigenvalue weighted by molar-refractivity contribution is 0.359. The normalized spacial score (nSPS) is 12.3. The molecule has 0 bridgehead atoms. The van der Waals surface area contributed by atoms with Crippen LogP contribution in [0.5, 0.6) is 23.0 Å². The maximum Gasteiger partial charge on any atom is 0.200 e. The molecule has 1 aliphatic rings. The average Bonchev–Trinajstić information content (AvgIpc) is 3.37. The summed E-state index contributed by atoms with van der Waals surface area (Å²) in [6, 6.07) is 41.7. The lowest BCUT2D eigenvalue weighted by Crippen LogP contribution is -2.04.